The Morgan fingerprint density at radius 2 is 1.80 bits per heavy atom. The van der Waals surface area contributed by atoms with E-state index in [4.69, 9.17) is 0 Å². The second-order valence-corrected chi connectivity index (χ2v) is 6.81. The molecule has 0 unspecified atom stereocenters. The molecule has 0 saturated carbocycles. The topological polar surface area (TPSA) is 81.6 Å². The molecule has 3 heterocycles. The molecule has 1 aromatic carbocycles. The summed E-state index contributed by atoms with van der Waals surface area (Å²) in [5.74, 6) is -0.131. The molecular weight excluding hydrogens is 320 g/mol. The molecule has 7 heteroatoms. The van der Waals surface area contributed by atoms with Crippen molar-refractivity contribution in [3.8, 4) is 5.69 Å². The minimum Gasteiger partial charge on any atom is -0.390 e. The minimum absolute atomic E-state index is 0.131. The van der Waals surface area contributed by atoms with Crippen molar-refractivity contribution in [3.63, 3.8) is 0 Å². The second kappa shape index (κ2) is 6.50. The van der Waals surface area contributed by atoms with E-state index in [1.807, 2.05) is 30.3 Å². The van der Waals surface area contributed by atoms with E-state index in [1.165, 1.54) is 10.7 Å². The van der Waals surface area contributed by atoms with Gasteiger partial charge >= 0.3 is 0 Å². The summed E-state index contributed by atoms with van der Waals surface area (Å²) >= 11 is 0. The van der Waals surface area contributed by atoms with Crippen molar-refractivity contribution < 1.29 is 9.90 Å². The highest BCUT2D eigenvalue weighted by molar-refractivity contribution is 5.92. The Hall–Kier alpha value is -2.38. The molecule has 4 rings (SSSR count). The van der Waals surface area contributed by atoms with E-state index in [0.717, 1.165) is 25.9 Å². The molecule has 1 aromatic heterocycles. The van der Waals surface area contributed by atoms with E-state index in [-0.39, 0.29) is 17.6 Å². The first-order valence-corrected chi connectivity index (χ1v) is 8.71. The summed E-state index contributed by atoms with van der Waals surface area (Å²) in [6.45, 7) is 2.83. The van der Waals surface area contributed by atoms with Crippen molar-refractivity contribution in [2.24, 2.45) is 0 Å². The summed E-state index contributed by atoms with van der Waals surface area (Å²) in [6, 6.07) is 11.0. The van der Waals surface area contributed by atoms with Gasteiger partial charge in [-0.05, 0) is 25.0 Å². The van der Waals surface area contributed by atoms with Gasteiger partial charge in [0.15, 0.2) is 0 Å². The summed E-state index contributed by atoms with van der Waals surface area (Å²) in [6.07, 6.45) is 1.62. The zero-order chi connectivity index (χ0) is 17.4. The number of amides is 1. The molecule has 0 bridgehead atoms. The molecule has 25 heavy (non-hydrogen) atoms. The van der Waals surface area contributed by atoms with Crippen molar-refractivity contribution in [1.29, 1.82) is 0 Å². The van der Waals surface area contributed by atoms with Gasteiger partial charge in [0.25, 0.3) is 11.5 Å². The number of nitrogens with one attached hydrogen (secondary N) is 1. The highest BCUT2D eigenvalue weighted by atomic mass is 16.3. The third-order valence-electron chi connectivity index (χ3n) is 5.12. The lowest BCUT2D eigenvalue weighted by atomic mass is 9.98. The van der Waals surface area contributed by atoms with Crippen LogP contribution in [0.15, 0.2) is 41.2 Å². The van der Waals surface area contributed by atoms with Gasteiger partial charge in [-0.3, -0.25) is 19.6 Å². The van der Waals surface area contributed by atoms with Crippen LogP contribution in [0, 0.1) is 0 Å². The number of aliphatic hydroxyl groups is 1. The molecule has 132 valence electrons. The van der Waals surface area contributed by atoms with Crippen LogP contribution in [0.5, 0.6) is 0 Å². The highest BCUT2D eigenvalue weighted by Gasteiger charge is 2.34. The molecule has 1 amide bonds. The van der Waals surface area contributed by atoms with Crippen LogP contribution in [0.3, 0.4) is 0 Å². The Labute approximate surface area is 145 Å². The van der Waals surface area contributed by atoms with E-state index in [0.29, 0.717) is 30.5 Å². The number of aromatic amines is 1. The largest absolute Gasteiger partial charge is 0.390 e. The lowest BCUT2D eigenvalue weighted by molar-refractivity contribution is -0.0381. The van der Waals surface area contributed by atoms with Gasteiger partial charge in [0.2, 0.25) is 0 Å². The summed E-state index contributed by atoms with van der Waals surface area (Å²) in [7, 11) is 0. The SMILES string of the molecule is O=C(c1cc(=O)n(-c2ccccc2)[nH]1)N1CCC(N2CC(O)C2)CC1. The zero-order valence-corrected chi connectivity index (χ0v) is 14.0. The van der Waals surface area contributed by atoms with Gasteiger partial charge in [0.1, 0.15) is 5.69 Å². The number of aromatic nitrogens is 2. The third kappa shape index (κ3) is 3.12. The van der Waals surface area contributed by atoms with Gasteiger partial charge < -0.3 is 10.0 Å². The molecule has 2 N–H and O–H groups in total. The standard InChI is InChI=1S/C18H22N4O3/c23-15-11-21(12-15)13-6-8-20(9-7-13)18(25)16-10-17(24)22(19-16)14-4-2-1-3-5-14/h1-5,10,13,15,19,23H,6-9,11-12H2. The van der Waals surface area contributed by atoms with E-state index in [1.54, 1.807) is 4.90 Å². The first kappa shape index (κ1) is 16.1. The summed E-state index contributed by atoms with van der Waals surface area (Å²) < 4.78 is 1.39. The third-order valence-corrected chi connectivity index (χ3v) is 5.12. The lowest BCUT2D eigenvalue weighted by Gasteiger charge is -2.45. The minimum atomic E-state index is -0.237. The molecule has 2 fully saturated rings. The fourth-order valence-electron chi connectivity index (χ4n) is 3.66. The molecule has 0 atom stereocenters. The van der Waals surface area contributed by atoms with Gasteiger partial charge in [-0.15, -0.1) is 0 Å². The number of para-hydroxylation sites is 1. The quantitative estimate of drug-likeness (QED) is 0.848. The Balaban J connectivity index is 1.43. The van der Waals surface area contributed by atoms with E-state index in [2.05, 4.69) is 10.00 Å². The van der Waals surface area contributed by atoms with E-state index < -0.39 is 0 Å². The van der Waals surface area contributed by atoms with Gasteiger partial charge in [-0.1, -0.05) is 18.2 Å². The molecule has 0 radical (unpaired) electrons. The molecule has 7 nitrogen and oxygen atoms in total. The number of β-amino-alcohol motifs (C(OH)–C–C–N with tert-alkyl or cyclic N) is 1. The zero-order valence-electron chi connectivity index (χ0n) is 14.0. The van der Waals surface area contributed by atoms with Crippen molar-refractivity contribution in [2.75, 3.05) is 26.2 Å². The van der Waals surface area contributed by atoms with Gasteiger partial charge in [-0.2, -0.15) is 0 Å². The molecule has 0 aliphatic carbocycles. The average molecular weight is 342 g/mol. The van der Waals surface area contributed by atoms with Gasteiger partial charge in [0.05, 0.1) is 11.8 Å². The van der Waals surface area contributed by atoms with Crippen molar-refractivity contribution in [3.05, 3.63) is 52.4 Å². The second-order valence-electron chi connectivity index (χ2n) is 6.81. The average Bonchev–Trinajstić information content (AvgIpc) is 3.01. The molecule has 0 spiro atoms. The fourth-order valence-corrected chi connectivity index (χ4v) is 3.66. The number of benzene rings is 1. The Morgan fingerprint density at radius 1 is 1.12 bits per heavy atom. The number of rotatable bonds is 3. The maximum absolute atomic E-state index is 12.7. The Kier molecular flexibility index (Phi) is 4.19. The molecule has 2 aliphatic heterocycles. The number of nitrogens with zero attached hydrogens (tertiary/aromatic N) is 3. The normalized spacial score (nSPS) is 19.8. The monoisotopic (exact) mass is 342 g/mol. The summed E-state index contributed by atoms with van der Waals surface area (Å²) in [5.41, 5.74) is 0.798. The van der Waals surface area contributed by atoms with E-state index in [9.17, 15) is 14.7 Å². The van der Waals surface area contributed by atoms with Crippen LogP contribution in [0.25, 0.3) is 5.69 Å². The van der Waals surface area contributed by atoms with Crippen molar-refractivity contribution >= 4 is 5.91 Å². The van der Waals surface area contributed by atoms with Gasteiger partial charge in [-0.25, -0.2) is 4.68 Å². The summed E-state index contributed by atoms with van der Waals surface area (Å²) in [4.78, 5) is 29.0. The van der Waals surface area contributed by atoms with Crippen LogP contribution in [-0.2, 0) is 0 Å². The van der Waals surface area contributed by atoms with Crippen LogP contribution < -0.4 is 5.56 Å². The first-order chi connectivity index (χ1) is 12.1. The highest BCUT2D eigenvalue weighted by Crippen LogP contribution is 2.22. The number of hydrogen-bond acceptors (Lipinski definition) is 4. The number of H-pyrrole nitrogens is 1. The maximum atomic E-state index is 12.7. The van der Waals surface area contributed by atoms with Crippen molar-refractivity contribution in [2.45, 2.75) is 25.0 Å². The lowest BCUT2D eigenvalue weighted by Crippen LogP contribution is -2.58. The van der Waals surface area contributed by atoms with Crippen LogP contribution >= 0.6 is 0 Å². The van der Waals surface area contributed by atoms with Crippen molar-refractivity contribution in [1.82, 2.24) is 19.6 Å². The number of likely N-dealkylation sites (tertiary alicyclic amines) is 2. The van der Waals surface area contributed by atoms with Gasteiger partial charge in [0, 0.05) is 38.3 Å². The fraction of sp³-hybridized carbons (Fsp3) is 0.444. The number of carbonyl (C=O) groups is 1. The van der Waals surface area contributed by atoms with Crippen LogP contribution in [0.4, 0.5) is 0 Å². The number of carbonyl (C=O) groups excluding carboxylic acids is 1. The van der Waals surface area contributed by atoms with Crippen LogP contribution in [0.2, 0.25) is 0 Å². The number of piperidine rings is 1. The molecular formula is C18H22N4O3. The predicted octanol–water partition coefficient (Wildman–Crippen LogP) is 0.447. The smallest absolute Gasteiger partial charge is 0.271 e. The molecule has 2 aromatic rings. The number of aliphatic hydroxyl groups excluding tert-OH is 1. The predicted molar refractivity (Wildman–Crippen MR) is 92.9 cm³/mol. The Bertz CT molecular complexity index is 799. The first-order valence-electron chi connectivity index (χ1n) is 8.71. The summed E-state index contributed by atoms with van der Waals surface area (Å²) in [5, 5.41) is 12.3. The Morgan fingerprint density at radius 3 is 2.44 bits per heavy atom. The molecule has 2 aliphatic rings. The van der Waals surface area contributed by atoms with Crippen LogP contribution in [0.1, 0.15) is 23.3 Å². The van der Waals surface area contributed by atoms with E-state index >= 15 is 0 Å². The maximum Gasteiger partial charge on any atom is 0.271 e. The molecule has 2 saturated heterocycles. The number of hydrogen-bond donors (Lipinski definition) is 2. The van der Waals surface area contributed by atoms with Crippen LogP contribution in [-0.4, -0.2) is 68.9 Å².